The Hall–Kier alpha value is -4.07. The topological polar surface area (TPSA) is 78.0 Å². The zero-order valence-electron chi connectivity index (χ0n) is 20.9. The summed E-state index contributed by atoms with van der Waals surface area (Å²) in [6.45, 7) is 4.86. The van der Waals surface area contributed by atoms with Crippen molar-refractivity contribution in [3.63, 3.8) is 0 Å². The van der Waals surface area contributed by atoms with Crippen molar-refractivity contribution in [2.45, 2.75) is 32.0 Å². The van der Waals surface area contributed by atoms with Crippen molar-refractivity contribution in [2.24, 2.45) is 5.92 Å². The van der Waals surface area contributed by atoms with Crippen molar-refractivity contribution >= 4 is 17.8 Å². The fourth-order valence-corrected chi connectivity index (χ4v) is 5.66. The van der Waals surface area contributed by atoms with Crippen LogP contribution in [0.25, 0.3) is 0 Å². The van der Waals surface area contributed by atoms with E-state index in [1.807, 2.05) is 42.2 Å². The lowest BCUT2D eigenvalue weighted by Crippen LogP contribution is -2.45. The normalized spacial score (nSPS) is 23.6. The molecule has 4 aliphatic rings. The Morgan fingerprint density at radius 1 is 1.16 bits per heavy atom. The maximum absolute atomic E-state index is 13.8. The second-order valence-corrected chi connectivity index (χ2v) is 9.98. The monoisotopic (exact) mass is 497 g/mol. The van der Waals surface area contributed by atoms with Crippen LogP contribution in [0.4, 0.5) is 10.6 Å². The first-order chi connectivity index (χ1) is 18.1. The zero-order chi connectivity index (χ0) is 25.4. The van der Waals surface area contributed by atoms with Crippen LogP contribution in [0.3, 0.4) is 0 Å². The van der Waals surface area contributed by atoms with Crippen LogP contribution in [0.2, 0.25) is 0 Å². The third-order valence-corrected chi connectivity index (χ3v) is 7.68. The highest BCUT2D eigenvalue weighted by atomic mass is 16.5. The summed E-state index contributed by atoms with van der Waals surface area (Å²) in [5, 5.41) is 3.00. The Morgan fingerprint density at radius 3 is 2.95 bits per heavy atom. The van der Waals surface area contributed by atoms with E-state index in [2.05, 4.69) is 45.7 Å². The van der Waals surface area contributed by atoms with Gasteiger partial charge in [0.25, 0.3) is 5.91 Å². The molecule has 1 aromatic carbocycles. The Labute approximate surface area is 216 Å². The van der Waals surface area contributed by atoms with Crippen molar-refractivity contribution < 1.29 is 14.3 Å². The number of carbonyl (C=O) groups excluding carboxylic acids is 2. The molecule has 0 spiro atoms. The molecule has 1 aromatic heterocycles. The standard InChI is InChI=1S/C29H31N5O3/c1-20-16-21(28(35)34-19-24-7-5-13-32(24)18-23-6-2-3-8-25(23)34)10-11-22(20)17-31-29(36)33-14-15-37-26-9-4-12-30-27(26)33/h2-6,8-13,16,23-25H,7,14-15,17-19H2,1H3,(H,31,36). The molecule has 1 aliphatic carbocycles. The maximum Gasteiger partial charge on any atom is 0.323 e. The molecule has 3 amide bonds. The number of carbonyl (C=O) groups is 2. The van der Waals surface area contributed by atoms with Gasteiger partial charge in [0.15, 0.2) is 11.6 Å². The number of amides is 3. The van der Waals surface area contributed by atoms with E-state index in [0.717, 1.165) is 24.1 Å². The summed E-state index contributed by atoms with van der Waals surface area (Å²) in [7, 11) is 0. The van der Waals surface area contributed by atoms with Gasteiger partial charge in [-0.25, -0.2) is 9.78 Å². The first-order valence-electron chi connectivity index (χ1n) is 12.9. The van der Waals surface area contributed by atoms with Crippen molar-refractivity contribution in [1.82, 2.24) is 20.1 Å². The summed E-state index contributed by atoms with van der Waals surface area (Å²) in [5.74, 6) is 1.47. The summed E-state index contributed by atoms with van der Waals surface area (Å²) in [6, 6.07) is 9.55. The molecule has 190 valence electrons. The van der Waals surface area contributed by atoms with Crippen LogP contribution in [0, 0.1) is 12.8 Å². The summed E-state index contributed by atoms with van der Waals surface area (Å²) < 4.78 is 5.60. The largest absolute Gasteiger partial charge is 0.488 e. The van der Waals surface area contributed by atoms with Crippen molar-refractivity contribution in [3.8, 4) is 5.75 Å². The summed E-state index contributed by atoms with van der Waals surface area (Å²) in [5.41, 5.74) is 2.63. The minimum absolute atomic E-state index is 0.0541. The molecule has 0 saturated carbocycles. The molecule has 2 aromatic rings. The van der Waals surface area contributed by atoms with Crippen LogP contribution < -0.4 is 15.0 Å². The maximum atomic E-state index is 13.8. The number of benzene rings is 1. The van der Waals surface area contributed by atoms with Gasteiger partial charge in [-0.1, -0.05) is 36.4 Å². The number of rotatable bonds is 3. The number of aryl methyl sites for hydroxylation is 1. The van der Waals surface area contributed by atoms with Gasteiger partial charge in [0, 0.05) is 43.4 Å². The van der Waals surface area contributed by atoms with Crippen LogP contribution in [0.1, 0.15) is 27.9 Å². The lowest BCUT2D eigenvalue weighted by atomic mass is 9.93. The van der Waals surface area contributed by atoms with Gasteiger partial charge in [-0.3, -0.25) is 9.69 Å². The summed E-state index contributed by atoms with van der Waals surface area (Å²) in [6.07, 6.45) is 15.5. The Kier molecular flexibility index (Phi) is 6.16. The van der Waals surface area contributed by atoms with Gasteiger partial charge in [0.1, 0.15) is 6.61 Å². The number of urea groups is 1. The zero-order valence-corrected chi connectivity index (χ0v) is 20.9. The van der Waals surface area contributed by atoms with Crippen LogP contribution in [0.5, 0.6) is 5.75 Å². The first kappa shape index (κ1) is 23.3. The smallest absolute Gasteiger partial charge is 0.323 e. The van der Waals surface area contributed by atoms with Gasteiger partial charge in [-0.2, -0.15) is 0 Å². The third-order valence-electron chi connectivity index (χ3n) is 7.68. The first-order valence-corrected chi connectivity index (χ1v) is 12.9. The molecular formula is C29H31N5O3. The van der Waals surface area contributed by atoms with E-state index in [9.17, 15) is 9.59 Å². The van der Waals surface area contributed by atoms with Crippen molar-refractivity contribution in [2.75, 3.05) is 31.1 Å². The molecule has 8 nitrogen and oxygen atoms in total. The molecule has 1 N–H and O–H groups in total. The molecule has 8 heteroatoms. The minimum atomic E-state index is -0.217. The van der Waals surface area contributed by atoms with E-state index < -0.39 is 0 Å². The molecule has 3 unspecified atom stereocenters. The average molecular weight is 498 g/mol. The number of hydrogen-bond acceptors (Lipinski definition) is 5. The molecule has 6 rings (SSSR count). The number of ether oxygens (including phenoxy) is 1. The Bertz CT molecular complexity index is 1300. The van der Waals surface area contributed by atoms with E-state index >= 15 is 0 Å². The molecule has 0 radical (unpaired) electrons. The highest BCUT2D eigenvalue weighted by Crippen LogP contribution is 2.31. The Balaban J connectivity index is 1.16. The molecule has 3 atom stereocenters. The van der Waals surface area contributed by atoms with Crippen LogP contribution in [-0.2, 0) is 6.54 Å². The predicted octanol–water partition coefficient (Wildman–Crippen LogP) is 3.65. The second-order valence-electron chi connectivity index (χ2n) is 9.98. The summed E-state index contributed by atoms with van der Waals surface area (Å²) in [4.78, 5) is 37.0. The van der Waals surface area contributed by atoms with Crippen LogP contribution >= 0.6 is 0 Å². The fourth-order valence-electron chi connectivity index (χ4n) is 5.66. The van der Waals surface area contributed by atoms with E-state index in [1.54, 1.807) is 17.2 Å². The van der Waals surface area contributed by atoms with Gasteiger partial charge in [0.2, 0.25) is 0 Å². The number of aromatic nitrogens is 1. The number of hydrogen-bond donors (Lipinski definition) is 1. The van der Waals surface area contributed by atoms with Crippen molar-refractivity contribution in [1.29, 1.82) is 0 Å². The molecule has 37 heavy (non-hydrogen) atoms. The van der Waals surface area contributed by atoms with Crippen LogP contribution in [-0.4, -0.2) is 65.0 Å². The molecular weight excluding hydrogens is 466 g/mol. The summed E-state index contributed by atoms with van der Waals surface area (Å²) >= 11 is 0. The predicted molar refractivity (Wildman–Crippen MR) is 141 cm³/mol. The van der Waals surface area contributed by atoms with Gasteiger partial charge in [-0.05, 0) is 54.9 Å². The van der Waals surface area contributed by atoms with E-state index in [-0.39, 0.29) is 23.9 Å². The number of pyridine rings is 1. The number of allylic oxidation sites excluding steroid dienone is 2. The SMILES string of the molecule is Cc1cc(C(=O)N2CC3CC=CN3CC3C=CC=CC32)ccc1CNC(=O)N1CCOc2cccnc21. The second kappa shape index (κ2) is 9.76. The third kappa shape index (κ3) is 4.48. The van der Waals surface area contributed by atoms with Gasteiger partial charge in [-0.15, -0.1) is 0 Å². The minimum Gasteiger partial charge on any atom is -0.488 e. The van der Waals surface area contributed by atoms with E-state index in [1.165, 1.54) is 0 Å². The molecule has 1 fully saturated rings. The van der Waals surface area contributed by atoms with Gasteiger partial charge >= 0.3 is 6.03 Å². The highest BCUT2D eigenvalue weighted by Gasteiger charge is 2.38. The number of nitrogens with one attached hydrogen (secondary N) is 1. The van der Waals surface area contributed by atoms with Gasteiger partial charge < -0.3 is 19.9 Å². The molecule has 0 bridgehead atoms. The number of fused-ring (bicyclic) bond motifs is 3. The number of anilines is 1. The van der Waals surface area contributed by atoms with E-state index in [4.69, 9.17) is 4.74 Å². The van der Waals surface area contributed by atoms with E-state index in [0.29, 0.717) is 49.4 Å². The average Bonchev–Trinajstić information content (AvgIpc) is 3.30. The quantitative estimate of drug-likeness (QED) is 0.701. The number of nitrogens with zero attached hydrogens (tertiary/aromatic N) is 4. The fraction of sp³-hybridized carbons (Fsp3) is 0.345. The molecule has 1 saturated heterocycles. The lowest BCUT2D eigenvalue weighted by Gasteiger charge is -2.33. The molecule has 3 aliphatic heterocycles. The highest BCUT2D eigenvalue weighted by molar-refractivity contribution is 5.95. The van der Waals surface area contributed by atoms with Crippen molar-refractivity contribution in [3.05, 3.63) is 89.8 Å². The lowest BCUT2D eigenvalue weighted by molar-refractivity contribution is 0.0685. The van der Waals surface area contributed by atoms with Crippen LogP contribution in [0.15, 0.2) is 73.1 Å². The van der Waals surface area contributed by atoms with Gasteiger partial charge in [0.05, 0.1) is 12.6 Å². The Morgan fingerprint density at radius 2 is 2.05 bits per heavy atom. The molecule has 4 heterocycles.